The standard InChI is InChI=1S/C13H11BrN2O/c1-9-6-10(13(17)11(14)7-9)8-16-12-4-2-3-5-15-12/h2-8,17H,1H3/b16-8+. The molecule has 2 rings (SSSR count). The van der Waals surface area contributed by atoms with Crippen LogP contribution in [0, 0.1) is 6.92 Å². The molecule has 1 N–H and O–H groups in total. The first kappa shape index (κ1) is 11.8. The van der Waals surface area contributed by atoms with Crippen LogP contribution in [0.25, 0.3) is 0 Å². The smallest absolute Gasteiger partial charge is 0.151 e. The van der Waals surface area contributed by atoms with E-state index in [0.29, 0.717) is 15.9 Å². The minimum absolute atomic E-state index is 0.190. The van der Waals surface area contributed by atoms with Gasteiger partial charge in [0.25, 0.3) is 0 Å². The van der Waals surface area contributed by atoms with Crippen molar-refractivity contribution in [3.63, 3.8) is 0 Å². The fourth-order valence-corrected chi connectivity index (χ4v) is 2.02. The van der Waals surface area contributed by atoms with E-state index in [4.69, 9.17) is 0 Å². The van der Waals surface area contributed by atoms with Gasteiger partial charge in [-0.1, -0.05) is 6.07 Å². The molecule has 2 aromatic rings. The zero-order valence-corrected chi connectivity index (χ0v) is 10.8. The summed E-state index contributed by atoms with van der Waals surface area (Å²) in [5.41, 5.74) is 1.72. The highest BCUT2D eigenvalue weighted by molar-refractivity contribution is 9.10. The van der Waals surface area contributed by atoms with Crippen molar-refractivity contribution in [2.24, 2.45) is 4.99 Å². The zero-order chi connectivity index (χ0) is 12.3. The van der Waals surface area contributed by atoms with Gasteiger partial charge in [0.05, 0.1) is 4.47 Å². The van der Waals surface area contributed by atoms with Gasteiger partial charge in [0.2, 0.25) is 0 Å². The third-order valence-corrected chi connectivity index (χ3v) is 2.83. The summed E-state index contributed by atoms with van der Waals surface area (Å²) in [5.74, 6) is 0.805. The number of halogens is 1. The molecule has 17 heavy (non-hydrogen) atoms. The molecule has 0 amide bonds. The summed E-state index contributed by atoms with van der Waals surface area (Å²) in [5, 5.41) is 9.84. The highest BCUT2D eigenvalue weighted by Gasteiger charge is 2.04. The second kappa shape index (κ2) is 5.10. The third-order valence-electron chi connectivity index (χ3n) is 2.22. The van der Waals surface area contributed by atoms with Gasteiger partial charge in [-0.05, 0) is 52.7 Å². The molecule has 0 aliphatic rings. The van der Waals surface area contributed by atoms with Gasteiger partial charge in [-0.2, -0.15) is 0 Å². The Kier molecular flexibility index (Phi) is 3.54. The Balaban J connectivity index is 2.33. The number of phenolic OH excluding ortho intramolecular Hbond substituents is 1. The van der Waals surface area contributed by atoms with E-state index in [1.165, 1.54) is 0 Å². The molecule has 0 saturated heterocycles. The summed E-state index contributed by atoms with van der Waals surface area (Å²) in [6.45, 7) is 1.96. The Morgan fingerprint density at radius 2 is 2.18 bits per heavy atom. The van der Waals surface area contributed by atoms with Gasteiger partial charge in [0, 0.05) is 18.0 Å². The van der Waals surface area contributed by atoms with E-state index in [2.05, 4.69) is 25.9 Å². The van der Waals surface area contributed by atoms with Gasteiger partial charge in [-0.25, -0.2) is 9.98 Å². The lowest BCUT2D eigenvalue weighted by Gasteiger charge is -2.03. The summed E-state index contributed by atoms with van der Waals surface area (Å²) in [4.78, 5) is 8.28. The van der Waals surface area contributed by atoms with Crippen LogP contribution in [-0.4, -0.2) is 16.3 Å². The van der Waals surface area contributed by atoms with Crippen molar-refractivity contribution in [2.75, 3.05) is 0 Å². The maximum Gasteiger partial charge on any atom is 0.151 e. The number of benzene rings is 1. The fourth-order valence-electron chi connectivity index (χ4n) is 1.43. The first-order valence-electron chi connectivity index (χ1n) is 5.11. The molecule has 0 bridgehead atoms. The lowest BCUT2D eigenvalue weighted by atomic mass is 10.1. The average molecular weight is 291 g/mol. The molecule has 1 aromatic heterocycles. The van der Waals surface area contributed by atoms with E-state index >= 15 is 0 Å². The van der Waals surface area contributed by atoms with Crippen molar-refractivity contribution in [2.45, 2.75) is 6.92 Å². The number of nitrogens with zero attached hydrogens (tertiary/aromatic N) is 2. The molecule has 1 aromatic carbocycles. The molecule has 86 valence electrons. The topological polar surface area (TPSA) is 45.5 Å². The summed E-state index contributed by atoms with van der Waals surface area (Å²) in [6, 6.07) is 9.23. The number of aromatic nitrogens is 1. The van der Waals surface area contributed by atoms with Gasteiger partial charge in [-0.3, -0.25) is 0 Å². The van der Waals surface area contributed by atoms with Crippen molar-refractivity contribution in [1.82, 2.24) is 4.98 Å². The second-order valence-corrected chi connectivity index (χ2v) is 4.49. The summed E-state index contributed by atoms with van der Waals surface area (Å²) in [7, 11) is 0. The Labute approximate surface area is 108 Å². The molecule has 4 heteroatoms. The Hall–Kier alpha value is -1.68. The molecule has 0 fully saturated rings. The number of hydrogen-bond donors (Lipinski definition) is 1. The summed E-state index contributed by atoms with van der Waals surface area (Å²) in [6.07, 6.45) is 3.29. The molecular formula is C13H11BrN2O. The van der Waals surface area contributed by atoms with Gasteiger partial charge in [0.1, 0.15) is 5.75 Å². The van der Waals surface area contributed by atoms with E-state index in [9.17, 15) is 5.11 Å². The van der Waals surface area contributed by atoms with Crippen LogP contribution in [0.4, 0.5) is 5.82 Å². The van der Waals surface area contributed by atoms with Gasteiger partial charge in [-0.15, -0.1) is 0 Å². The summed E-state index contributed by atoms with van der Waals surface area (Å²) < 4.78 is 0.667. The molecule has 0 atom stereocenters. The van der Waals surface area contributed by atoms with Crippen LogP contribution in [-0.2, 0) is 0 Å². The number of phenols is 1. The van der Waals surface area contributed by atoms with E-state index in [1.54, 1.807) is 18.5 Å². The van der Waals surface area contributed by atoms with Crippen LogP contribution >= 0.6 is 15.9 Å². The molecule has 0 spiro atoms. The van der Waals surface area contributed by atoms with E-state index in [0.717, 1.165) is 5.56 Å². The molecule has 0 aliphatic carbocycles. The molecule has 0 unspecified atom stereocenters. The SMILES string of the molecule is Cc1cc(Br)c(O)c(/C=N/c2ccccn2)c1. The number of pyridine rings is 1. The Morgan fingerprint density at radius 3 is 2.88 bits per heavy atom. The Morgan fingerprint density at radius 1 is 1.35 bits per heavy atom. The van der Waals surface area contributed by atoms with Crippen LogP contribution in [0.2, 0.25) is 0 Å². The molecule has 0 radical (unpaired) electrons. The van der Waals surface area contributed by atoms with Crippen molar-refractivity contribution in [1.29, 1.82) is 0 Å². The van der Waals surface area contributed by atoms with Gasteiger partial charge in [0.15, 0.2) is 5.82 Å². The molecule has 1 heterocycles. The predicted molar refractivity (Wildman–Crippen MR) is 72.0 cm³/mol. The third kappa shape index (κ3) is 2.91. The molecule has 0 saturated carbocycles. The van der Waals surface area contributed by atoms with Gasteiger partial charge >= 0.3 is 0 Å². The second-order valence-electron chi connectivity index (χ2n) is 3.63. The number of aliphatic imine (C=N–C) groups is 1. The van der Waals surface area contributed by atoms with Crippen LogP contribution < -0.4 is 0 Å². The molecular weight excluding hydrogens is 280 g/mol. The Bertz CT molecular complexity index is 553. The largest absolute Gasteiger partial charge is 0.506 e. The fraction of sp³-hybridized carbons (Fsp3) is 0.0769. The van der Waals surface area contributed by atoms with Crippen LogP contribution in [0.5, 0.6) is 5.75 Å². The van der Waals surface area contributed by atoms with Crippen molar-refractivity contribution < 1.29 is 5.11 Å². The highest BCUT2D eigenvalue weighted by atomic mass is 79.9. The maximum absolute atomic E-state index is 9.84. The van der Waals surface area contributed by atoms with E-state index in [-0.39, 0.29) is 5.75 Å². The van der Waals surface area contributed by atoms with Crippen LogP contribution in [0.1, 0.15) is 11.1 Å². The molecule has 0 aliphatic heterocycles. The lowest BCUT2D eigenvalue weighted by Crippen LogP contribution is -1.86. The number of rotatable bonds is 2. The number of aryl methyl sites for hydroxylation is 1. The van der Waals surface area contributed by atoms with Crippen molar-refractivity contribution in [3.05, 3.63) is 52.1 Å². The van der Waals surface area contributed by atoms with Crippen LogP contribution in [0.15, 0.2) is 46.0 Å². The highest BCUT2D eigenvalue weighted by Crippen LogP contribution is 2.28. The van der Waals surface area contributed by atoms with Gasteiger partial charge < -0.3 is 5.11 Å². The van der Waals surface area contributed by atoms with E-state index in [1.807, 2.05) is 31.2 Å². The first-order chi connectivity index (χ1) is 8.16. The van der Waals surface area contributed by atoms with E-state index < -0.39 is 0 Å². The van der Waals surface area contributed by atoms with Crippen LogP contribution in [0.3, 0.4) is 0 Å². The lowest BCUT2D eigenvalue weighted by molar-refractivity contribution is 0.471. The first-order valence-corrected chi connectivity index (χ1v) is 5.90. The normalized spacial score (nSPS) is 10.9. The maximum atomic E-state index is 9.84. The quantitative estimate of drug-likeness (QED) is 0.859. The van der Waals surface area contributed by atoms with Crippen molar-refractivity contribution >= 4 is 28.0 Å². The monoisotopic (exact) mass is 290 g/mol. The number of hydrogen-bond acceptors (Lipinski definition) is 3. The predicted octanol–water partition coefficient (Wildman–Crippen LogP) is 3.61. The average Bonchev–Trinajstić information content (AvgIpc) is 2.33. The zero-order valence-electron chi connectivity index (χ0n) is 9.26. The number of aromatic hydroxyl groups is 1. The molecule has 3 nitrogen and oxygen atoms in total. The van der Waals surface area contributed by atoms with Crippen molar-refractivity contribution in [3.8, 4) is 5.75 Å². The minimum atomic E-state index is 0.190. The summed E-state index contributed by atoms with van der Waals surface area (Å²) >= 11 is 3.30. The minimum Gasteiger partial charge on any atom is -0.506 e.